The monoisotopic (exact) mass is 576 g/mol. The Bertz CT molecular complexity index is 809. The van der Waals surface area contributed by atoms with Crippen molar-refractivity contribution in [3.63, 3.8) is 0 Å². The molecule has 1 rings (SSSR count). The number of hydrogen-bond donors (Lipinski definition) is 1. The fraction of sp³-hybridized carbons (Fsp3) is 0.667. The van der Waals surface area contributed by atoms with Crippen LogP contribution in [-0.4, -0.2) is 72.7 Å². The van der Waals surface area contributed by atoms with Crippen LogP contribution in [0.15, 0.2) is 30.3 Å². The van der Waals surface area contributed by atoms with Gasteiger partial charge in [-0.1, -0.05) is 56.5 Å². The number of nitrogens with zero attached hydrogens (tertiary/aromatic N) is 2. The third-order valence-corrected chi connectivity index (χ3v) is 7.31. The van der Waals surface area contributed by atoms with Crippen LogP contribution in [-0.2, 0) is 26.2 Å². The quantitative estimate of drug-likeness (QED) is 0.120. The Morgan fingerprint density at radius 1 is 0.889 bits per heavy atom. The van der Waals surface area contributed by atoms with Gasteiger partial charge in [0.2, 0.25) is 10.0 Å². The Labute approximate surface area is 301 Å². The van der Waals surface area contributed by atoms with Gasteiger partial charge in [0.1, 0.15) is 0 Å². The number of benzene rings is 1. The first kappa shape index (κ1) is 39.4. The summed E-state index contributed by atoms with van der Waals surface area (Å²) in [6, 6.07) is 9.16. The van der Waals surface area contributed by atoms with E-state index in [0.29, 0.717) is 19.5 Å². The number of carbonyl (C=O) groups is 2. The Morgan fingerprint density at radius 2 is 1.44 bits per heavy atom. The number of carboxylic acid groups (broad SMARTS) is 2. The van der Waals surface area contributed by atoms with Crippen molar-refractivity contribution in [1.82, 2.24) is 9.21 Å². The van der Waals surface area contributed by atoms with Crippen molar-refractivity contribution in [3.8, 4) is 0 Å². The van der Waals surface area contributed by atoms with Crippen molar-refractivity contribution in [2.45, 2.75) is 70.9 Å². The van der Waals surface area contributed by atoms with E-state index >= 15 is 0 Å². The summed E-state index contributed by atoms with van der Waals surface area (Å²) in [6.45, 7) is 2.82. The van der Waals surface area contributed by atoms with Gasteiger partial charge in [-0.15, -0.1) is 0 Å². The summed E-state index contributed by atoms with van der Waals surface area (Å²) in [7, 11) is -3.61. The maximum atomic E-state index is 13.1. The molecular formula is C24H38K2N2O7S. The first-order valence-electron chi connectivity index (χ1n) is 12.0. The number of aliphatic hydroxyl groups excluding tert-OH is 1. The predicted molar refractivity (Wildman–Crippen MR) is 126 cm³/mol. The number of aliphatic hydroxyl groups is 1. The molecule has 0 saturated carbocycles. The predicted octanol–water partition coefficient (Wildman–Crippen LogP) is -5.87. The average molecular weight is 577 g/mol. The molecule has 0 spiro atoms. The fourth-order valence-corrected chi connectivity index (χ4v) is 5.26. The fourth-order valence-electron chi connectivity index (χ4n) is 3.68. The van der Waals surface area contributed by atoms with Gasteiger partial charge in [-0.2, -0.15) is 4.31 Å². The minimum atomic E-state index is -3.61. The Balaban J connectivity index is 0. The second-order valence-electron chi connectivity index (χ2n) is 8.56. The number of hydrogen-bond acceptors (Lipinski definition) is 8. The largest absolute Gasteiger partial charge is 1.00 e. The molecule has 1 aromatic carbocycles. The van der Waals surface area contributed by atoms with Crippen LogP contribution in [0.3, 0.4) is 0 Å². The topological polar surface area (TPSA) is 141 Å². The van der Waals surface area contributed by atoms with Crippen LogP contribution in [0.4, 0.5) is 0 Å². The minimum absolute atomic E-state index is 0. The van der Waals surface area contributed by atoms with Gasteiger partial charge in [0.15, 0.2) is 0 Å². The summed E-state index contributed by atoms with van der Waals surface area (Å²) < 4.78 is 27.4. The molecule has 36 heavy (non-hydrogen) atoms. The number of aliphatic carboxylic acids is 2. The van der Waals surface area contributed by atoms with Gasteiger partial charge in [-0.25, -0.2) is 8.42 Å². The summed E-state index contributed by atoms with van der Waals surface area (Å²) in [5.41, 5.74) is 0.812. The molecule has 0 heterocycles. The number of sulfonamides is 1. The molecule has 1 aromatic rings. The molecule has 0 aliphatic rings. The zero-order valence-corrected chi connectivity index (χ0v) is 29.1. The van der Waals surface area contributed by atoms with Crippen molar-refractivity contribution in [2.24, 2.45) is 0 Å². The van der Waals surface area contributed by atoms with Gasteiger partial charge in [0, 0.05) is 31.6 Å². The zero-order valence-electron chi connectivity index (χ0n) is 22.1. The van der Waals surface area contributed by atoms with E-state index in [2.05, 4.69) is 6.92 Å². The third-order valence-electron chi connectivity index (χ3n) is 5.44. The summed E-state index contributed by atoms with van der Waals surface area (Å²) in [6.07, 6.45) is 2.56. The normalized spacial score (nSPS) is 12.1. The van der Waals surface area contributed by atoms with E-state index < -0.39 is 28.1 Å². The molecule has 12 heteroatoms. The van der Waals surface area contributed by atoms with Crippen LogP contribution in [0.25, 0.3) is 0 Å². The smallest absolute Gasteiger partial charge is 0.550 e. The first-order valence-corrected chi connectivity index (χ1v) is 13.6. The number of unbranched alkanes of at least 4 members (excludes halogenated alkanes) is 3. The van der Waals surface area contributed by atoms with Crippen molar-refractivity contribution in [2.75, 3.05) is 31.9 Å². The van der Waals surface area contributed by atoms with E-state index in [9.17, 15) is 33.3 Å². The van der Waals surface area contributed by atoms with Gasteiger partial charge in [0.25, 0.3) is 0 Å². The van der Waals surface area contributed by atoms with Crippen LogP contribution in [0.5, 0.6) is 0 Å². The van der Waals surface area contributed by atoms with E-state index in [1.807, 2.05) is 30.3 Å². The molecule has 1 atom stereocenters. The van der Waals surface area contributed by atoms with E-state index in [1.54, 1.807) is 4.90 Å². The maximum absolute atomic E-state index is 13.1. The van der Waals surface area contributed by atoms with Crippen LogP contribution in [0.2, 0.25) is 0 Å². The third kappa shape index (κ3) is 19.3. The molecular weight excluding hydrogens is 539 g/mol. The van der Waals surface area contributed by atoms with Crippen molar-refractivity contribution in [1.29, 1.82) is 0 Å². The number of carboxylic acids is 2. The minimum Gasteiger partial charge on any atom is -0.550 e. The average Bonchev–Trinajstić information content (AvgIpc) is 2.76. The molecule has 0 aliphatic carbocycles. The molecule has 9 nitrogen and oxygen atoms in total. The molecule has 1 N–H and O–H groups in total. The van der Waals surface area contributed by atoms with E-state index in [-0.39, 0.29) is 154 Å². The van der Waals surface area contributed by atoms with E-state index in [1.165, 1.54) is 4.31 Å². The van der Waals surface area contributed by atoms with Gasteiger partial charge in [-0.3, -0.25) is 0 Å². The van der Waals surface area contributed by atoms with Crippen LogP contribution >= 0.6 is 0 Å². The van der Waals surface area contributed by atoms with Crippen LogP contribution < -0.4 is 113 Å². The second-order valence-corrected chi connectivity index (χ2v) is 10.6. The molecule has 194 valence electrons. The molecule has 0 radical (unpaired) electrons. The van der Waals surface area contributed by atoms with Gasteiger partial charge in [0.05, 0.1) is 11.9 Å². The van der Waals surface area contributed by atoms with Gasteiger partial charge in [-0.05, 0) is 50.8 Å². The molecule has 0 fully saturated rings. The van der Waals surface area contributed by atoms with Gasteiger partial charge >= 0.3 is 103 Å². The maximum Gasteiger partial charge on any atom is 1.00 e. The Morgan fingerprint density at radius 3 is 1.94 bits per heavy atom. The van der Waals surface area contributed by atoms with Crippen LogP contribution in [0.1, 0.15) is 63.9 Å². The Kier molecular flexibility index (Phi) is 25.2. The molecule has 0 bridgehead atoms. The zero-order chi connectivity index (χ0) is 25.4. The molecule has 0 saturated heterocycles. The second kappa shape index (κ2) is 23.0. The molecule has 0 amide bonds. The van der Waals surface area contributed by atoms with Crippen molar-refractivity contribution < 1.29 is 136 Å². The SMILES string of the molecule is CCCCCCS(=O)(=O)N(Cc1ccccc1)CC(O)CN(CCCC(=O)[O-])CCCC(=O)[O-].[K+].[K+]. The Hall–Kier alpha value is 1.26. The van der Waals surface area contributed by atoms with Crippen molar-refractivity contribution >= 4 is 22.0 Å². The molecule has 0 aromatic heterocycles. The number of rotatable bonds is 20. The van der Waals surface area contributed by atoms with Crippen LogP contribution in [0, 0.1) is 0 Å². The first-order chi connectivity index (χ1) is 16.1. The van der Waals surface area contributed by atoms with Crippen molar-refractivity contribution in [3.05, 3.63) is 35.9 Å². The molecule has 1 unspecified atom stereocenters. The standard InChI is InChI=1S/C24H40N2O7S.2K/c1-2-3-4-8-17-34(32,33)26(18-21-11-6-5-7-12-21)20-22(27)19-25(15-9-13-23(28)29)16-10-14-24(30)31;;/h5-7,11-12,22,27H,2-4,8-10,13-20H2,1H3,(H,28,29)(H,30,31);;/q;2*+1/p-2. The summed E-state index contributed by atoms with van der Waals surface area (Å²) in [4.78, 5) is 23.2. The number of carbonyl (C=O) groups excluding carboxylic acids is 2. The summed E-state index contributed by atoms with van der Waals surface area (Å²) in [5.74, 6) is -2.36. The van der Waals surface area contributed by atoms with E-state index in [0.717, 1.165) is 24.8 Å². The summed E-state index contributed by atoms with van der Waals surface area (Å²) in [5, 5.41) is 32.2. The van der Waals surface area contributed by atoms with E-state index in [4.69, 9.17) is 0 Å². The van der Waals surface area contributed by atoms with Gasteiger partial charge < -0.3 is 29.8 Å². The summed E-state index contributed by atoms with van der Waals surface area (Å²) >= 11 is 0. The molecule has 0 aliphatic heterocycles.